The van der Waals surface area contributed by atoms with Crippen molar-refractivity contribution >= 4 is 5.78 Å². The Bertz CT molecular complexity index is 447. The molecule has 15 heavy (non-hydrogen) atoms. The van der Waals surface area contributed by atoms with Gasteiger partial charge in [-0.3, -0.25) is 4.79 Å². The Labute approximate surface area is 84.9 Å². The van der Waals surface area contributed by atoms with Crippen molar-refractivity contribution < 1.29 is 9.32 Å². The predicted octanol–water partition coefficient (Wildman–Crippen LogP) is 0.376. The fraction of sp³-hybridized carbons (Fsp3) is 0.375. The lowest BCUT2D eigenvalue weighted by Gasteiger charge is -1.88. The molecule has 78 valence electrons. The van der Waals surface area contributed by atoms with Gasteiger partial charge in [0.25, 0.3) is 0 Å². The normalized spacial score (nSPS) is 10.5. The maximum absolute atomic E-state index is 11.1. The third-order valence-electron chi connectivity index (χ3n) is 1.85. The van der Waals surface area contributed by atoms with E-state index in [-0.39, 0.29) is 12.2 Å². The van der Waals surface area contributed by atoms with Crippen molar-refractivity contribution in [2.24, 2.45) is 0 Å². The number of aromatic amines is 1. The summed E-state index contributed by atoms with van der Waals surface area (Å²) in [7, 11) is 0. The molecule has 2 rings (SSSR count). The van der Waals surface area contributed by atoms with Crippen LogP contribution >= 0.6 is 0 Å². The van der Waals surface area contributed by atoms with Crippen LogP contribution in [0.25, 0.3) is 11.5 Å². The van der Waals surface area contributed by atoms with Crippen LogP contribution in [0.5, 0.6) is 0 Å². The van der Waals surface area contributed by atoms with E-state index in [1.165, 1.54) is 6.20 Å². The van der Waals surface area contributed by atoms with E-state index in [1.54, 1.807) is 6.92 Å². The highest BCUT2D eigenvalue weighted by molar-refractivity contribution is 5.79. The quantitative estimate of drug-likeness (QED) is 0.778. The first-order valence-electron chi connectivity index (χ1n) is 4.50. The van der Waals surface area contributed by atoms with Crippen LogP contribution in [0.1, 0.15) is 19.2 Å². The van der Waals surface area contributed by atoms with E-state index in [0.29, 0.717) is 23.8 Å². The fourth-order valence-electron chi connectivity index (χ4n) is 1.03. The molecule has 0 bridgehead atoms. The Morgan fingerprint density at radius 3 is 3.13 bits per heavy atom. The first-order chi connectivity index (χ1) is 7.29. The number of hydrogen-bond acceptors (Lipinski definition) is 6. The summed E-state index contributed by atoms with van der Waals surface area (Å²) in [6.07, 6.45) is 2.11. The molecule has 2 aromatic heterocycles. The van der Waals surface area contributed by atoms with Crippen LogP contribution in [0.2, 0.25) is 0 Å². The number of H-pyrrole nitrogens is 1. The number of carbonyl (C=O) groups excluding carboxylic acids is 1. The van der Waals surface area contributed by atoms with Crippen LogP contribution in [-0.2, 0) is 11.2 Å². The van der Waals surface area contributed by atoms with Crippen LogP contribution in [-0.4, -0.2) is 31.3 Å². The Morgan fingerprint density at radius 2 is 2.47 bits per heavy atom. The zero-order valence-electron chi connectivity index (χ0n) is 8.10. The Kier molecular flexibility index (Phi) is 2.53. The summed E-state index contributed by atoms with van der Waals surface area (Å²) in [6, 6.07) is 0. The van der Waals surface area contributed by atoms with Crippen LogP contribution in [0.3, 0.4) is 0 Å². The van der Waals surface area contributed by atoms with E-state index >= 15 is 0 Å². The molecule has 0 aliphatic heterocycles. The molecule has 0 aromatic carbocycles. The Balaban J connectivity index is 2.14. The first-order valence-corrected chi connectivity index (χ1v) is 4.50. The summed E-state index contributed by atoms with van der Waals surface area (Å²) in [4.78, 5) is 15.1. The molecule has 0 spiro atoms. The highest BCUT2D eigenvalue weighted by atomic mass is 16.5. The van der Waals surface area contributed by atoms with E-state index < -0.39 is 0 Å². The number of ketones is 1. The van der Waals surface area contributed by atoms with Gasteiger partial charge < -0.3 is 4.52 Å². The van der Waals surface area contributed by atoms with Gasteiger partial charge in [0, 0.05) is 6.42 Å². The smallest absolute Gasteiger partial charge is 0.234 e. The number of Topliss-reactive ketones (excluding diaryl/α,β-unsaturated/α-hetero) is 1. The molecule has 2 aromatic rings. The SMILES string of the molecule is CCC(=O)Cc1nc(-c2cn[nH]n2)no1. The van der Waals surface area contributed by atoms with Crippen molar-refractivity contribution in [1.29, 1.82) is 0 Å². The zero-order valence-corrected chi connectivity index (χ0v) is 8.10. The van der Waals surface area contributed by atoms with Gasteiger partial charge in [-0.05, 0) is 0 Å². The number of hydrogen-bond donors (Lipinski definition) is 1. The third-order valence-corrected chi connectivity index (χ3v) is 1.85. The number of aromatic nitrogens is 5. The molecule has 1 N–H and O–H groups in total. The summed E-state index contributed by atoms with van der Waals surface area (Å²) in [5.74, 6) is 0.702. The van der Waals surface area contributed by atoms with E-state index in [9.17, 15) is 4.79 Å². The highest BCUT2D eigenvalue weighted by Crippen LogP contribution is 2.10. The summed E-state index contributed by atoms with van der Waals surface area (Å²) in [5, 5.41) is 13.5. The van der Waals surface area contributed by atoms with Gasteiger partial charge in [-0.25, -0.2) is 0 Å². The summed E-state index contributed by atoms with van der Waals surface area (Å²) in [5.41, 5.74) is 0.494. The first kappa shape index (κ1) is 9.50. The molecule has 0 atom stereocenters. The molecule has 0 saturated carbocycles. The average molecular weight is 207 g/mol. The van der Waals surface area contributed by atoms with Gasteiger partial charge in [0.2, 0.25) is 11.7 Å². The molecule has 0 amide bonds. The van der Waals surface area contributed by atoms with Crippen LogP contribution < -0.4 is 0 Å². The monoisotopic (exact) mass is 207 g/mol. The van der Waals surface area contributed by atoms with E-state index in [2.05, 4.69) is 25.6 Å². The molecule has 0 saturated heterocycles. The number of carbonyl (C=O) groups is 1. The second-order valence-electron chi connectivity index (χ2n) is 2.94. The molecule has 0 radical (unpaired) electrons. The minimum atomic E-state index is 0.0605. The molecule has 0 aliphatic rings. The molecule has 7 nitrogen and oxygen atoms in total. The molecule has 7 heteroatoms. The summed E-state index contributed by atoms with van der Waals surface area (Å²) < 4.78 is 4.90. The summed E-state index contributed by atoms with van der Waals surface area (Å²) >= 11 is 0. The average Bonchev–Trinajstić information content (AvgIpc) is 2.85. The molecule has 0 fully saturated rings. The van der Waals surface area contributed by atoms with E-state index in [0.717, 1.165) is 0 Å². The maximum atomic E-state index is 11.1. The lowest BCUT2D eigenvalue weighted by atomic mass is 10.2. The topological polar surface area (TPSA) is 97.6 Å². The highest BCUT2D eigenvalue weighted by Gasteiger charge is 2.12. The fourth-order valence-corrected chi connectivity index (χ4v) is 1.03. The lowest BCUT2D eigenvalue weighted by molar-refractivity contribution is -0.118. The van der Waals surface area contributed by atoms with Gasteiger partial charge in [0.1, 0.15) is 5.78 Å². The predicted molar refractivity (Wildman–Crippen MR) is 48.7 cm³/mol. The molecule has 0 unspecified atom stereocenters. The van der Waals surface area contributed by atoms with E-state index in [1.807, 2.05) is 0 Å². The van der Waals surface area contributed by atoms with Gasteiger partial charge in [0.05, 0.1) is 12.6 Å². The number of nitrogens with one attached hydrogen (secondary N) is 1. The number of nitrogens with zero attached hydrogens (tertiary/aromatic N) is 4. The van der Waals surface area contributed by atoms with Crippen LogP contribution in [0.15, 0.2) is 10.7 Å². The molecular weight excluding hydrogens is 198 g/mol. The molecule has 2 heterocycles. The van der Waals surface area contributed by atoms with Crippen molar-refractivity contribution in [1.82, 2.24) is 25.6 Å². The van der Waals surface area contributed by atoms with Gasteiger partial charge in [-0.2, -0.15) is 20.4 Å². The van der Waals surface area contributed by atoms with Crippen LogP contribution in [0.4, 0.5) is 0 Å². The zero-order chi connectivity index (χ0) is 10.7. The summed E-state index contributed by atoms with van der Waals surface area (Å²) in [6.45, 7) is 1.79. The Hall–Kier alpha value is -2.05. The minimum Gasteiger partial charge on any atom is -0.338 e. The number of rotatable bonds is 4. The van der Waals surface area contributed by atoms with E-state index in [4.69, 9.17) is 4.52 Å². The third kappa shape index (κ3) is 2.06. The van der Waals surface area contributed by atoms with Gasteiger partial charge >= 0.3 is 0 Å². The Morgan fingerprint density at radius 1 is 1.60 bits per heavy atom. The molecule has 0 aliphatic carbocycles. The second kappa shape index (κ2) is 3.99. The maximum Gasteiger partial charge on any atom is 0.234 e. The van der Waals surface area contributed by atoms with Gasteiger partial charge in [-0.1, -0.05) is 12.1 Å². The minimum absolute atomic E-state index is 0.0605. The van der Waals surface area contributed by atoms with Crippen molar-refractivity contribution in [2.75, 3.05) is 0 Å². The lowest BCUT2D eigenvalue weighted by Crippen LogP contribution is -2.00. The van der Waals surface area contributed by atoms with Crippen molar-refractivity contribution in [3.63, 3.8) is 0 Å². The molecular formula is C8H9N5O2. The van der Waals surface area contributed by atoms with Gasteiger partial charge in [0.15, 0.2) is 5.69 Å². The second-order valence-corrected chi connectivity index (χ2v) is 2.94. The van der Waals surface area contributed by atoms with Crippen molar-refractivity contribution in [3.05, 3.63) is 12.1 Å². The van der Waals surface area contributed by atoms with Crippen molar-refractivity contribution in [3.8, 4) is 11.5 Å². The largest absolute Gasteiger partial charge is 0.338 e. The van der Waals surface area contributed by atoms with Gasteiger partial charge in [-0.15, -0.1) is 0 Å². The van der Waals surface area contributed by atoms with Crippen LogP contribution in [0, 0.1) is 0 Å². The van der Waals surface area contributed by atoms with Crippen molar-refractivity contribution in [2.45, 2.75) is 19.8 Å². The standard InChI is InChI=1S/C8H9N5O2/c1-2-5(14)3-7-10-8(12-15-7)6-4-9-13-11-6/h4H,2-3H2,1H3,(H,9,11,13).